The number of rotatable bonds is 53. The lowest BCUT2D eigenvalue weighted by Gasteiger charge is -2.18. The summed E-state index contributed by atoms with van der Waals surface area (Å²) in [5, 5.41) is 0. The molecule has 6 heteroatoms. The molecule has 1 atom stereocenters. The van der Waals surface area contributed by atoms with Crippen molar-refractivity contribution in [2.75, 3.05) is 13.2 Å². The minimum Gasteiger partial charge on any atom is -0.462 e. The maximum Gasteiger partial charge on any atom is 0.306 e. The maximum atomic E-state index is 12.8. The van der Waals surface area contributed by atoms with E-state index in [-0.39, 0.29) is 37.5 Å². The van der Waals surface area contributed by atoms with Crippen LogP contribution in [0.25, 0.3) is 0 Å². The summed E-state index contributed by atoms with van der Waals surface area (Å²) in [6.07, 6.45) is 76.1. The number of hydrogen-bond acceptors (Lipinski definition) is 6. The van der Waals surface area contributed by atoms with Gasteiger partial charge in [-0.1, -0.05) is 260 Å². The van der Waals surface area contributed by atoms with Gasteiger partial charge in [0.25, 0.3) is 0 Å². The molecule has 0 aromatic rings. The van der Waals surface area contributed by atoms with Crippen LogP contribution in [0.4, 0.5) is 0 Å². The number of esters is 3. The molecule has 0 aliphatic rings. The van der Waals surface area contributed by atoms with E-state index in [0.29, 0.717) is 19.3 Å². The SMILES string of the molecule is CC/C=C\C/C=C\C/C=C\C/C=C\C/C=C\CCCC(=O)OC(COC(=O)CCCCCCCCCC)COC(=O)CCCCCCCCCCCCCCCCC/C=C\C/C=C\CCCCCCC. The topological polar surface area (TPSA) is 78.9 Å². The van der Waals surface area contributed by atoms with Crippen LogP contribution in [-0.4, -0.2) is 37.2 Å². The summed E-state index contributed by atoms with van der Waals surface area (Å²) in [6, 6.07) is 0. The molecule has 0 saturated carbocycles. The van der Waals surface area contributed by atoms with Crippen molar-refractivity contribution in [3.05, 3.63) is 85.1 Å². The lowest BCUT2D eigenvalue weighted by Crippen LogP contribution is -2.30. The summed E-state index contributed by atoms with van der Waals surface area (Å²) in [6.45, 7) is 6.45. The number of unbranched alkanes of at least 4 members (excludes halogenated alkanes) is 28. The predicted octanol–water partition coefficient (Wildman–Crippen LogP) is 19.9. The highest BCUT2D eigenvalue weighted by Crippen LogP contribution is 2.16. The number of allylic oxidation sites excluding steroid dienone is 14. The molecule has 0 rings (SSSR count). The zero-order chi connectivity index (χ0) is 50.7. The molecule has 0 aromatic carbocycles. The van der Waals surface area contributed by atoms with Gasteiger partial charge in [-0.05, 0) is 89.9 Å². The fourth-order valence-corrected chi connectivity index (χ4v) is 8.22. The van der Waals surface area contributed by atoms with Crippen molar-refractivity contribution in [2.24, 2.45) is 0 Å². The molecular weight excluding hydrogens is 865 g/mol. The highest BCUT2D eigenvalue weighted by molar-refractivity contribution is 5.71. The van der Waals surface area contributed by atoms with Crippen molar-refractivity contribution in [2.45, 2.75) is 290 Å². The van der Waals surface area contributed by atoms with Gasteiger partial charge in [0.05, 0.1) is 0 Å². The number of ether oxygens (including phenoxy) is 3. The van der Waals surface area contributed by atoms with Gasteiger partial charge in [-0.2, -0.15) is 0 Å². The highest BCUT2D eigenvalue weighted by atomic mass is 16.6. The molecule has 0 heterocycles. The van der Waals surface area contributed by atoms with Gasteiger partial charge in [0, 0.05) is 19.3 Å². The van der Waals surface area contributed by atoms with Crippen LogP contribution in [0.1, 0.15) is 284 Å². The average molecular weight is 976 g/mol. The minimum atomic E-state index is -0.803. The van der Waals surface area contributed by atoms with Gasteiger partial charge < -0.3 is 14.2 Å². The van der Waals surface area contributed by atoms with Gasteiger partial charge >= 0.3 is 17.9 Å². The lowest BCUT2D eigenvalue weighted by molar-refractivity contribution is -0.167. The second kappa shape index (κ2) is 58.2. The van der Waals surface area contributed by atoms with Crippen LogP contribution in [-0.2, 0) is 28.6 Å². The zero-order valence-electron chi connectivity index (χ0n) is 46.0. The molecule has 0 bridgehead atoms. The molecule has 402 valence electrons. The van der Waals surface area contributed by atoms with Crippen LogP contribution in [0.5, 0.6) is 0 Å². The summed E-state index contributed by atoms with van der Waals surface area (Å²) < 4.78 is 16.8. The molecule has 0 N–H and O–H groups in total. The summed E-state index contributed by atoms with van der Waals surface area (Å²) in [5.74, 6) is -0.955. The quantitative estimate of drug-likeness (QED) is 0.0261. The van der Waals surface area contributed by atoms with Gasteiger partial charge in [-0.25, -0.2) is 0 Å². The van der Waals surface area contributed by atoms with E-state index >= 15 is 0 Å². The fraction of sp³-hybridized carbons (Fsp3) is 0.734. The van der Waals surface area contributed by atoms with E-state index in [2.05, 4.69) is 106 Å². The van der Waals surface area contributed by atoms with E-state index in [4.69, 9.17) is 14.2 Å². The fourth-order valence-electron chi connectivity index (χ4n) is 8.22. The van der Waals surface area contributed by atoms with Crippen LogP contribution < -0.4 is 0 Å². The highest BCUT2D eigenvalue weighted by Gasteiger charge is 2.19. The van der Waals surface area contributed by atoms with Crippen LogP contribution in [0.2, 0.25) is 0 Å². The average Bonchev–Trinajstić information content (AvgIpc) is 3.36. The largest absolute Gasteiger partial charge is 0.462 e. The Morgan fingerprint density at radius 3 is 0.914 bits per heavy atom. The number of hydrogen-bond donors (Lipinski definition) is 0. The molecule has 0 fully saturated rings. The van der Waals surface area contributed by atoms with E-state index in [0.717, 1.165) is 83.5 Å². The first kappa shape index (κ1) is 66.6. The molecule has 0 amide bonds. The Bertz CT molecular complexity index is 1350. The lowest BCUT2D eigenvalue weighted by atomic mass is 10.0. The summed E-state index contributed by atoms with van der Waals surface area (Å²) in [7, 11) is 0. The van der Waals surface area contributed by atoms with Crippen molar-refractivity contribution in [1.29, 1.82) is 0 Å². The molecule has 0 aliphatic carbocycles. The van der Waals surface area contributed by atoms with Crippen molar-refractivity contribution in [3.63, 3.8) is 0 Å². The molecular formula is C64H110O6. The second-order valence-corrected chi connectivity index (χ2v) is 19.5. The van der Waals surface area contributed by atoms with E-state index in [1.165, 1.54) is 154 Å². The van der Waals surface area contributed by atoms with Crippen LogP contribution >= 0.6 is 0 Å². The Morgan fingerprint density at radius 2 is 0.571 bits per heavy atom. The minimum absolute atomic E-state index is 0.0972. The zero-order valence-corrected chi connectivity index (χ0v) is 46.0. The number of carbonyl (C=O) groups excluding carboxylic acids is 3. The Labute approximate surface area is 433 Å². The van der Waals surface area contributed by atoms with E-state index in [9.17, 15) is 14.4 Å². The van der Waals surface area contributed by atoms with Crippen LogP contribution in [0, 0.1) is 0 Å². The second-order valence-electron chi connectivity index (χ2n) is 19.5. The maximum absolute atomic E-state index is 12.8. The molecule has 0 saturated heterocycles. The molecule has 0 radical (unpaired) electrons. The summed E-state index contributed by atoms with van der Waals surface area (Å²) in [5.41, 5.74) is 0. The first-order valence-corrected chi connectivity index (χ1v) is 29.6. The molecule has 0 aromatic heterocycles. The summed E-state index contributed by atoms with van der Waals surface area (Å²) >= 11 is 0. The van der Waals surface area contributed by atoms with Crippen molar-refractivity contribution >= 4 is 17.9 Å². The Balaban J connectivity index is 4.21. The molecule has 0 aliphatic heterocycles. The van der Waals surface area contributed by atoms with Crippen molar-refractivity contribution in [1.82, 2.24) is 0 Å². The molecule has 0 spiro atoms. The van der Waals surface area contributed by atoms with E-state index in [1.54, 1.807) is 0 Å². The standard InChI is InChI=1S/C64H110O6/c1-4-7-10-13-16-19-21-23-25-27-28-29-30-31-32-33-34-35-36-38-39-41-43-45-48-51-54-57-63(66)69-60-61(59-68-62(65)56-53-50-47-18-15-12-9-6-3)70-64(67)58-55-52-49-46-44-42-40-37-26-24-22-20-17-14-11-8-5-2/h8,11,17,20-21,23-24,26-28,40,42,46,49,61H,4-7,9-10,12-16,18-19,22,25,29-39,41,43-45,47-48,50-60H2,1-3H3/b11-8-,20-17-,23-21-,26-24-,28-27-,42-40-,49-46-. The Kier molecular flexibility index (Phi) is 55.3. The Hall–Kier alpha value is -3.41. The van der Waals surface area contributed by atoms with Gasteiger partial charge in [-0.3, -0.25) is 14.4 Å². The van der Waals surface area contributed by atoms with E-state index < -0.39 is 6.10 Å². The van der Waals surface area contributed by atoms with Gasteiger partial charge in [0.1, 0.15) is 13.2 Å². The smallest absolute Gasteiger partial charge is 0.306 e. The van der Waals surface area contributed by atoms with Crippen molar-refractivity contribution < 1.29 is 28.6 Å². The third-order valence-electron chi connectivity index (χ3n) is 12.6. The van der Waals surface area contributed by atoms with Crippen LogP contribution in [0.3, 0.4) is 0 Å². The van der Waals surface area contributed by atoms with Crippen LogP contribution in [0.15, 0.2) is 85.1 Å². The van der Waals surface area contributed by atoms with Gasteiger partial charge in [0.15, 0.2) is 6.10 Å². The van der Waals surface area contributed by atoms with Gasteiger partial charge in [-0.15, -0.1) is 0 Å². The molecule has 6 nitrogen and oxygen atoms in total. The van der Waals surface area contributed by atoms with Crippen molar-refractivity contribution in [3.8, 4) is 0 Å². The normalized spacial score (nSPS) is 12.7. The molecule has 70 heavy (non-hydrogen) atoms. The first-order chi connectivity index (χ1) is 34.5. The van der Waals surface area contributed by atoms with E-state index in [1.807, 2.05) is 0 Å². The Morgan fingerprint density at radius 1 is 0.300 bits per heavy atom. The third kappa shape index (κ3) is 55.5. The first-order valence-electron chi connectivity index (χ1n) is 29.6. The molecule has 1 unspecified atom stereocenters. The number of carbonyl (C=O) groups is 3. The monoisotopic (exact) mass is 975 g/mol. The third-order valence-corrected chi connectivity index (χ3v) is 12.6. The predicted molar refractivity (Wildman–Crippen MR) is 302 cm³/mol. The van der Waals surface area contributed by atoms with Gasteiger partial charge in [0.2, 0.25) is 0 Å². The summed E-state index contributed by atoms with van der Waals surface area (Å²) in [4.78, 5) is 38.0.